The molecule has 0 bridgehead atoms. The highest BCUT2D eigenvalue weighted by Crippen LogP contribution is 2.32. The van der Waals surface area contributed by atoms with E-state index in [4.69, 9.17) is 0 Å². The molecule has 0 spiro atoms. The number of likely N-dealkylation sites (tertiary alicyclic amines) is 1. The first-order chi connectivity index (χ1) is 8.89. The van der Waals surface area contributed by atoms with E-state index >= 15 is 0 Å². The largest absolute Gasteiger partial charge is 0.408 e. The summed E-state index contributed by atoms with van der Waals surface area (Å²) in [5.74, 6) is -1.22. The molecule has 2 nitrogen and oxygen atoms in total. The molecule has 19 heavy (non-hydrogen) atoms. The first-order valence-corrected chi connectivity index (χ1v) is 6.03. The van der Waals surface area contributed by atoms with Crippen LogP contribution in [0.3, 0.4) is 0 Å². The summed E-state index contributed by atoms with van der Waals surface area (Å²) in [5, 5.41) is 0. The lowest BCUT2D eigenvalue weighted by Crippen LogP contribution is -2.51. The number of carbonyl (C=O) groups excluding carboxylic acids is 1. The number of hydrogen-bond acceptors (Lipinski definition) is 1. The van der Waals surface area contributed by atoms with Crippen LogP contribution in [0.1, 0.15) is 29.6 Å². The van der Waals surface area contributed by atoms with Gasteiger partial charge in [0.15, 0.2) is 0 Å². The molecule has 1 saturated heterocycles. The van der Waals surface area contributed by atoms with Gasteiger partial charge in [0.05, 0.1) is 0 Å². The Morgan fingerprint density at radius 3 is 2.37 bits per heavy atom. The number of piperidine rings is 1. The summed E-state index contributed by atoms with van der Waals surface area (Å²) in [6, 6.07) is 2.82. The number of benzene rings is 1. The molecule has 1 aliphatic heterocycles. The molecule has 1 aromatic rings. The Morgan fingerprint density at radius 1 is 1.16 bits per heavy atom. The van der Waals surface area contributed by atoms with Crippen molar-refractivity contribution in [2.24, 2.45) is 0 Å². The average Bonchev–Trinajstić information content (AvgIpc) is 2.38. The van der Waals surface area contributed by atoms with Crippen LogP contribution in [0.2, 0.25) is 0 Å². The van der Waals surface area contributed by atoms with E-state index in [0.717, 1.165) is 17.0 Å². The van der Waals surface area contributed by atoms with Gasteiger partial charge in [0, 0.05) is 12.1 Å². The first kappa shape index (κ1) is 13.8. The quantitative estimate of drug-likeness (QED) is 0.719. The lowest BCUT2D eigenvalue weighted by atomic mass is 10.0. The van der Waals surface area contributed by atoms with Crippen molar-refractivity contribution in [1.29, 1.82) is 0 Å². The van der Waals surface area contributed by atoms with Crippen molar-refractivity contribution in [3.8, 4) is 0 Å². The van der Waals surface area contributed by atoms with Crippen molar-refractivity contribution >= 4 is 5.91 Å². The maximum absolute atomic E-state index is 12.9. The monoisotopic (exact) mass is 275 g/mol. The van der Waals surface area contributed by atoms with Crippen LogP contribution < -0.4 is 0 Å². The summed E-state index contributed by atoms with van der Waals surface area (Å²) in [6.45, 7) is 0.0837. The highest BCUT2D eigenvalue weighted by Gasteiger charge is 2.46. The van der Waals surface area contributed by atoms with Crippen LogP contribution in [0.15, 0.2) is 24.3 Å². The van der Waals surface area contributed by atoms with Gasteiger partial charge in [-0.2, -0.15) is 13.2 Å². The van der Waals surface area contributed by atoms with Gasteiger partial charge in [-0.25, -0.2) is 4.39 Å². The van der Waals surface area contributed by atoms with Gasteiger partial charge in [-0.1, -0.05) is 0 Å². The molecule has 1 amide bonds. The van der Waals surface area contributed by atoms with Crippen LogP contribution in [0.5, 0.6) is 0 Å². The van der Waals surface area contributed by atoms with Gasteiger partial charge in [0.1, 0.15) is 11.9 Å². The van der Waals surface area contributed by atoms with E-state index in [9.17, 15) is 22.4 Å². The number of amides is 1. The summed E-state index contributed by atoms with van der Waals surface area (Å²) in [7, 11) is 0. The fourth-order valence-electron chi connectivity index (χ4n) is 2.27. The molecule has 1 atom stereocenters. The maximum Gasteiger partial charge on any atom is 0.408 e. The van der Waals surface area contributed by atoms with E-state index in [1.807, 2.05) is 0 Å². The van der Waals surface area contributed by atoms with E-state index in [0.29, 0.717) is 12.8 Å². The highest BCUT2D eigenvalue weighted by atomic mass is 19.4. The maximum atomic E-state index is 12.9. The van der Waals surface area contributed by atoms with Gasteiger partial charge >= 0.3 is 6.18 Å². The second-order valence-corrected chi connectivity index (χ2v) is 4.56. The Balaban J connectivity index is 2.22. The molecule has 2 rings (SSSR count). The van der Waals surface area contributed by atoms with Crippen LogP contribution in [0.4, 0.5) is 17.6 Å². The number of rotatable bonds is 1. The Morgan fingerprint density at radius 2 is 1.79 bits per heavy atom. The highest BCUT2D eigenvalue weighted by molar-refractivity contribution is 5.94. The summed E-state index contributed by atoms with van der Waals surface area (Å²) in [4.78, 5) is 12.9. The summed E-state index contributed by atoms with van der Waals surface area (Å²) >= 11 is 0. The zero-order valence-corrected chi connectivity index (χ0v) is 10.1. The fraction of sp³-hybridized carbons (Fsp3) is 0.462. The molecule has 1 heterocycles. The zero-order chi connectivity index (χ0) is 14.0. The molecule has 0 aromatic heterocycles. The van der Waals surface area contributed by atoms with Gasteiger partial charge in [0.25, 0.3) is 5.91 Å². The molecule has 104 valence electrons. The van der Waals surface area contributed by atoms with E-state index < -0.39 is 23.9 Å². The molecule has 0 radical (unpaired) electrons. The SMILES string of the molecule is O=C(c1ccc(F)cc1)N1CCCCC1C(F)(F)F. The minimum atomic E-state index is -4.42. The lowest BCUT2D eigenvalue weighted by Gasteiger charge is -2.36. The predicted molar refractivity (Wildman–Crippen MR) is 61.1 cm³/mol. The molecule has 0 N–H and O–H groups in total. The topological polar surface area (TPSA) is 20.3 Å². The van der Waals surface area contributed by atoms with Crippen molar-refractivity contribution in [2.45, 2.75) is 31.5 Å². The van der Waals surface area contributed by atoms with Crippen LogP contribution >= 0.6 is 0 Å². The number of hydrogen-bond donors (Lipinski definition) is 0. The zero-order valence-electron chi connectivity index (χ0n) is 10.1. The van der Waals surface area contributed by atoms with Gasteiger partial charge in [-0.05, 0) is 43.5 Å². The third kappa shape index (κ3) is 3.05. The number of nitrogens with zero attached hydrogens (tertiary/aromatic N) is 1. The third-order valence-corrected chi connectivity index (χ3v) is 3.23. The van der Waals surface area contributed by atoms with Crippen molar-refractivity contribution in [3.63, 3.8) is 0 Å². The van der Waals surface area contributed by atoms with Gasteiger partial charge in [-0.15, -0.1) is 0 Å². The summed E-state index contributed by atoms with van der Waals surface area (Å²) in [5.41, 5.74) is 0.0811. The van der Waals surface area contributed by atoms with Crippen LogP contribution in [-0.2, 0) is 0 Å². The molecular formula is C13H13F4NO. The first-order valence-electron chi connectivity index (χ1n) is 6.03. The minimum Gasteiger partial charge on any atom is -0.327 e. The van der Waals surface area contributed by atoms with Crippen molar-refractivity contribution in [1.82, 2.24) is 4.90 Å². The summed E-state index contributed by atoms with van der Waals surface area (Å²) < 4.78 is 51.4. The van der Waals surface area contributed by atoms with Gasteiger partial charge < -0.3 is 4.90 Å². The second-order valence-electron chi connectivity index (χ2n) is 4.56. The molecule has 1 unspecified atom stereocenters. The third-order valence-electron chi connectivity index (χ3n) is 3.23. The summed E-state index contributed by atoms with van der Waals surface area (Å²) in [6.07, 6.45) is -3.48. The molecule has 0 saturated carbocycles. The number of alkyl halides is 3. The average molecular weight is 275 g/mol. The van der Waals surface area contributed by atoms with E-state index in [1.54, 1.807) is 0 Å². The smallest absolute Gasteiger partial charge is 0.327 e. The minimum absolute atomic E-state index is 0.0730. The van der Waals surface area contributed by atoms with Crippen LogP contribution in [0, 0.1) is 5.82 Å². The van der Waals surface area contributed by atoms with Crippen LogP contribution in [-0.4, -0.2) is 29.6 Å². The van der Waals surface area contributed by atoms with Crippen molar-refractivity contribution in [3.05, 3.63) is 35.6 Å². The molecule has 1 aliphatic rings. The Hall–Kier alpha value is -1.59. The number of carbonyl (C=O) groups is 1. The Kier molecular flexibility index (Phi) is 3.78. The Labute approximate surface area is 108 Å². The van der Waals surface area contributed by atoms with E-state index in [1.165, 1.54) is 12.1 Å². The fourth-order valence-corrected chi connectivity index (χ4v) is 2.27. The molecule has 1 fully saturated rings. The van der Waals surface area contributed by atoms with E-state index in [2.05, 4.69) is 0 Å². The lowest BCUT2D eigenvalue weighted by molar-refractivity contribution is -0.183. The molecule has 6 heteroatoms. The second kappa shape index (κ2) is 5.19. The normalized spacial score (nSPS) is 20.4. The van der Waals surface area contributed by atoms with Gasteiger partial charge in [-0.3, -0.25) is 4.79 Å². The standard InChI is InChI=1S/C13H13F4NO/c14-10-6-4-9(5-7-10)12(19)18-8-2-1-3-11(18)13(15,16)17/h4-7,11H,1-3,8H2. The number of halogens is 4. The molecule has 0 aliphatic carbocycles. The predicted octanol–water partition coefficient (Wildman–Crippen LogP) is 3.38. The van der Waals surface area contributed by atoms with E-state index in [-0.39, 0.29) is 18.5 Å². The van der Waals surface area contributed by atoms with Crippen LogP contribution in [0.25, 0.3) is 0 Å². The van der Waals surface area contributed by atoms with Crippen molar-refractivity contribution < 1.29 is 22.4 Å². The Bertz CT molecular complexity index is 455. The van der Waals surface area contributed by atoms with Crippen molar-refractivity contribution in [2.75, 3.05) is 6.54 Å². The van der Waals surface area contributed by atoms with Gasteiger partial charge in [0.2, 0.25) is 0 Å². The molecule has 1 aromatic carbocycles. The molecular weight excluding hydrogens is 262 g/mol.